The number of carbonyl (C=O) groups excluding carboxylic acids is 1. The van der Waals surface area contributed by atoms with Crippen molar-refractivity contribution in [2.45, 2.75) is 13.3 Å². The number of amides is 1. The molecule has 0 radical (unpaired) electrons. The first-order valence-electron chi connectivity index (χ1n) is 5.49. The fraction of sp³-hybridized carbons (Fsp3) is 0.333. The van der Waals surface area contributed by atoms with E-state index < -0.39 is 0 Å². The van der Waals surface area contributed by atoms with Crippen LogP contribution in [0.2, 0.25) is 0 Å². The van der Waals surface area contributed by atoms with E-state index >= 15 is 0 Å². The molecule has 0 saturated carbocycles. The first-order valence-corrected chi connectivity index (χ1v) is 6.12. The quantitative estimate of drug-likeness (QED) is 0.635. The molecule has 0 aromatic heterocycles. The van der Waals surface area contributed by atoms with Gasteiger partial charge in [0, 0.05) is 11.4 Å². The molecule has 1 amide bonds. The van der Waals surface area contributed by atoms with Gasteiger partial charge in [-0.05, 0) is 43.4 Å². The highest BCUT2D eigenvalue weighted by Crippen LogP contribution is 2.26. The van der Waals surface area contributed by atoms with Crippen molar-refractivity contribution in [3.8, 4) is 0 Å². The van der Waals surface area contributed by atoms with Gasteiger partial charge in [0.1, 0.15) is 0 Å². The molecule has 1 atom stereocenters. The lowest BCUT2D eigenvalue weighted by atomic mass is 10.0. The first kappa shape index (κ1) is 12.0. The highest BCUT2D eigenvalue weighted by atomic mass is 32.1. The summed E-state index contributed by atoms with van der Waals surface area (Å²) in [5.74, 6) is 0.560. The number of rotatable bonds is 3. The van der Waals surface area contributed by atoms with Crippen molar-refractivity contribution in [2.75, 3.05) is 16.5 Å². The van der Waals surface area contributed by atoms with Gasteiger partial charge in [-0.15, -0.1) is 0 Å². The average molecular weight is 249 g/mol. The second kappa shape index (κ2) is 4.79. The molecule has 0 bridgehead atoms. The number of carbonyl (C=O) groups is 1. The van der Waals surface area contributed by atoms with Gasteiger partial charge in [0.05, 0.1) is 11.6 Å². The molecule has 90 valence electrons. The zero-order valence-corrected chi connectivity index (χ0v) is 10.5. The monoisotopic (exact) mass is 249 g/mol. The summed E-state index contributed by atoms with van der Waals surface area (Å²) < 4.78 is 0. The number of nitrogens with zero attached hydrogens (tertiary/aromatic N) is 2. The van der Waals surface area contributed by atoms with Gasteiger partial charge in [-0.3, -0.25) is 4.79 Å². The molecule has 17 heavy (non-hydrogen) atoms. The number of nitrogen functional groups attached to an aromatic ring is 1. The Balaban J connectivity index is 2.24. The fourth-order valence-electron chi connectivity index (χ4n) is 1.86. The molecule has 1 unspecified atom stereocenters. The molecular formula is C12H15N3OS. The standard InChI is InChI=1S/C12H15N3OS/c1-8-11(6-7-17)12(16)15(14-8)10-4-2-9(13)3-5-10/h2-5,11,17H,6-7,13H2,1H3. The topological polar surface area (TPSA) is 58.7 Å². The molecule has 0 spiro atoms. The van der Waals surface area contributed by atoms with E-state index in [0.29, 0.717) is 11.4 Å². The Morgan fingerprint density at radius 3 is 2.65 bits per heavy atom. The van der Waals surface area contributed by atoms with Crippen LogP contribution in [0.25, 0.3) is 0 Å². The summed E-state index contributed by atoms with van der Waals surface area (Å²) >= 11 is 4.17. The lowest BCUT2D eigenvalue weighted by molar-refractivity contribution is -0.119. The molecule has 0 fully saturated rings. The Hall–Kier alpha value is -1.49. The summed E-state index contributed by atoms with van der Waals surface area (Å²) in [6, 6.07) is 7.12. The van der Waals surface area contributed by atoms with Crippen molar-refractivity contribution in [3.63, 3.8) is 0 Å². The van der Waals surface area contributed by atoms with Crippen molar-refractivity contribution < 1.29 is 4.79 Å². The number of hydrogen-bond acceptors (Lipinski definition) is 4. The summed E-state index contributed by atoms with van der Waals surface area (Å²) in [5, 5.41) is 5.74. The number of thiol groups is 1. The van der Waals surface area contributed by atoms with Crippen molar-refractivity contribution in [3.05, 3.63) is 24.3 Å². The van der Waals surface area contributed by atoms with Crippen molar-refractivity contribution >= 4 is 35.6 Å². The van der Waals surface area contributed by atoms with Crippen LogP contribution in [0.3, 0.4) is 0 Å². The minimum atomic E-state index is -0.134. The largest absolute Gasteiger partial charge is 0.399 e. The maximum atomic E-state index is 12.1. The van der Waals surface area contributed by atoms with Crippen molar-refractivity contribution in [1.82, 2.24) is 0 Å². The Bertz CT molecular complexity index is 455. The molecule has 2 rings (SSSR count). The van der Waals surface area contributed by atoms with E-state index in [1.807, 2.05) is 6.92 Å². The molecule has 1 aliphatic heterocycles. The number of nitrogens with two attached hydrogens (primary N) is 1. The molecule has 0 saturated heterocycles. The molecule has 1 aliphatic rings. The highest BCUT2D eigenvalue weighted by molar-refractivity contribution is 7.80. The predicted molar refractivity (Wildman–Crippen MR) is 73.4 cm³/mol. The van der Waals surface area contributed by atoms with E-state index in [-0.39, 0.29) is 11.8 Å². The number of benzene rings is 1. The molecule has 5 heteroatoms. The van der Waals surface area contributed by atoms with Gasteiger partial charge in [0.25, 0.3) is 5.91 Å². The van der Waals surface area contributed by atoms with Crippen LogP contribution >= 0.6 is 12.6 Å². The third-order valence-corrected chi connectivity index (χ3v) is 3.08. The molecule has 4 nitrogen and oxygen atoms in total. The molecule has 1 aromatic carbocycles. The van der Waals surface area contributed by atoms with Crippen molar-refractivity contribution in [1.29, 1.82) is 0 Å². The SMILES string of the molecule is CC1=NN(c2ccc(N)cc2)C(=O)C1CCS. The van der Waals surface area contributed by atoms with Crippen molar-refractivity contribution in [2.24, 2.45) is 11.0 Å². The zero-order chi connectivity index (χ0) is 12.4. The Morgan fingerprint density at radius 2 is 2.06 bits per heavy atom. The lowest BCUT2D eigenvalue weighted by Gasteiger charge is -2.13. The number of hydrogen-bond donors (Lipinski definition) is 2. The van der Waals surface area contributed by atoms with Gasteiger partial charge >= 0.3 is 0 Å². The molecular weight excluding hydrogens is 234 g/mol. The molecule has 1 aromatic rings. The van der Waals surface area contributed by atoms with Crippen LogP contribution in [-0.4, -0.2) is 17.4 Å². The molecule has 1 heterocycles. The van der Waals surface area contributed by atoms with Crippen LogP contribution < -0.4 is 10.7 Å². The van der Waals surface area contributed by atoms with E-state index in [9.17, 15) is 4.79 Å². The average Bonchev–Trinajstić information content (AvgIpc) is 2.59. The van der Waals surface area contributed by atoms with Crippen LogP contribution in [0.4, 0.5) is 11.4 Å². The Kier molecular flexibility index (Phi) is 3.38. The van der Waals surface area contributed by atoms with Gasteiger partial charge in [0.2, 0.25) is 0 Å². The molecule has 0 aliphatic carbocycles. The van der Waals surface area contributed by atoms with Crippen LogP contribution in [-0.2, 0) is 4.79 Å². The second-order valence-corrected chi connectivity index (χ2v) is 4.50. The number of anilines is 2. The van der Waals surface area contributed by atoms with Crippen LogP contribution in [0.5, 0.6) is 0 Å². The van der Waals surface area contributed by atoms with E-state index in [2.05, 4.69) is 17.7 Å². The summed E-state index contributed by atoms with van der Waals surface area (Å²) in [7, 11) is 0. The smallest absolute Gasteiger partial charge is 0.256 e. The maximum absolute atomic E-state index is 12.1. The van der Waals surface area contributed by atoms with Gasteiger partial charge in [-0.2, -0.15) is 17.7 Å². The van der Waals surface area contributed by atoms with Crippen LogP contribution in [0, 0.1) is 5.92 Å². The third kappa shape index (κ3) is 2.29. The normalized spacial score (nSPS) is 19.6. The maximum Gasteiger partial charge on any atom is 0.256 e. The molecule has 2 N–H and O–H groups in total. The van der Waals surface area contributed by atoms with Crippen LogP contribution in [0.15, 0.2) is 29.4 Å². The number of hydrazone groups is 1. The zero-order valence-electron chi connectivity index (χ0n) is 9.63. The first-order chi connectivity index (χ1) is 8.13. The summed E-state index contributed by atoms with van der Waals surface area (Å²) in [5.41, 5.74) is 7.89. The second-order valence-electron chi connectivity index (χ2n) is 4.05. The van der Waals surface area contributed by atoms with Crippen LogP contribution in [0.1, 0.15) is 13.3 Å². The summed E-state index contributed by atoms with van der Waals surface area (Å²) in [4.78, 5) is 12.1. The van der Waals surface area contributed by atoms with Gasteiger partial charge < -0.3 is 5.73 Å². The fourth-order valence-corrected chi connectivity index (χ4v) is 2.12. The minimum absolute atomic E-state index is 0.0151. The predicted octanol–water partition coefficient (Wildman–Crippen LogP) is 1.93. The van der Waals surface area contributed by atoms with E-state index in [1.54, 1.807) is 24.3 Å². The van der Waals surface area contributed by atoms with E-state index in [0.717, 1.165) is 17.8 Å². The Labute approximate surface area is 106 Å². The Morgan fingerprint density at radius 1 is 1.41 bits per heavy atom. The lowest BCUT2D eigenvalue weighted by Crippen LogP contribution is -2.27. The summed E-state index contributed by atoms with van der Waals surface area (Å²) in [6.07, 6.45) is 0.725. The van der Waals surface area contributed by atoms with Gasteiger partial charge in [-0.1, -0.05) is 0 Å². The highest BCUT2D eigenvalue weighted by Gasteiger charge is 2.33. The minimum Gasteiger partial charge on any atom is -0.399 e. The summed E-state index contributed by atoms with van der Waals surface area (Å²) in [6.45, 7) is 1.88. The van der Waals surface area contributed by atoms with E-state index in [4.69, 9.17) is 5.73 Å². The van der Waals surface area contributed by atoms with Gasteiger partial charge in [0.15, 0.2) is 0 Å². The van der Waals surface area contributed by atoms with Gasteiger partial charge in [-0.25, -0.2) is 5.01 Å². The third-order valence-electron chi connectivity index (χ3n) is 2.82. The van der Waals surface area contributed by atoms with E-state index in [1.165, 1.54) is 5.01 Å².